The van der Waals surface area contributed by atoms with E-state index in [1.807, 2.05) is 6.07 Å². The Labute approximate surface area is 145 Å². The summed E-state index contributed by atoms with van der Waals surface area (Å²) in [6.45, 7) is 3.55. The molecule has 2 N–H and O–H groups in total. The maximum Gasteiger partial charge on any atom is 0.338 e. The van der Waals surface area contributed by atoms with Crippen molar-refractivity contribution in [1.29, 1.82) is 5.26 Å². The molecule has 132 valence electrons. The topological polar surface area (TPSA) is 110 Å². The predicted molar refractivity (Wildman–Crippen MR) is 88.0 cm³/mol. The number of esters is 1. The van der Waals surface area contributed by atoms with Gasteiger partial charge in [0.1, 0.15) is 6.61 Å². The zero-order valence-corrected chi connectivity index (χ0v) is 14.2. The molecule has 2 rings (SSSR count). The summed E-state index contributed by atoms with van der Waals surface area (Å²) >= 11 is 0. The van der Waals surface area contributed by atoms with Crippen molar-refractivity contribution in [1.82, 2.24) is 10.6 Å². The third-order valence-corrected chi connectivity index (χ3v) is 3.53. The molecule has 0 bridgehead atoms. The number of nitrogens with one attached hydrogen (secondary N) is 2. The molecule has 8 nitrogen and oxygen atoms in total. The first kappa shape index (κ1) is 18.1. The number of urea groups is 1. The van der Waals surface area contributed by atoms with Gasteiger partial charge in [-0.25, -0.2) is 9.59 Å². The highest BCUT2D eigenvalue weighted by molar-refractivity contribution is 5.94. The quantitative estimate of drug-likeness (QED) is 0.756. The van der Waals surface area contributed by atoms with Gasteiger partial charge in [0, 0.05) is 6.07 Å². The molecule has 0 radical (unpaired) electrons. The van der Waals surface area contributed by atoms with Crippen molar-refractivity contribution in [2.24, 2.45) is 0 Å². The molecule has 0 unspecified atom stereocenters. The molecule has 1 atom stereocenters. The molecule has 1 aliphatic rings. The summed E-state index contributed by atoms with van der Waals surface area (Å²) in [5.41, 5.74) is 1.05. The predicted octanol–water partition coefficient (Wildman–Crippen LogP) is 1.46. The lowest BCUT2D eigenvalue weighted by atomic mass is 10.0. The third-order valence-electron chi connectivity index (χ3n) is 3.53. The number of hydrogen-bond donors (Lipinski definition) is 2. The Morgan fingerprint density at radius 1 is 1.36 bits per heavy atom. The normalized spacial score (nSPS) is 16.4. The number of carbonyl (C=O) groups excluding carboxylic acids is 2. The van der Waals surface area contributed by atoms with Gasteiger partial charge in [0.2, 0.25) is 0 Å². The number of methoxy groups -OCH3 is 1. The first-order valence-electron chi connectivity index (χ1n) is 7.68. The van der Waals surface area contributed by atoms with Crippen LogP contribution in [-0.2, 0) is 9.53 Å². The average Bonchev–Trinajstić information content (AvgIpc) is 2.59. The van der Waals surface area contributed by atoms with Crippen LogP contribution in [0.3, 0.4) is 0 Å². The summed E-state index contributed by atoms with van der Waals surface area (Å²) in [7, 11) is 1.46. The van der Waals surface area contributed by atoms with Gasteiger partial charge in [0.05, 0.1) is 42.7 Å². The first-order valence-corrected chi connectivity index (χ1v) is 7.68. The van der Waals surface area contributed by atoms with Crippen molar-refractivity contribution in [2.75, 3.05) is 20.3 Å². The number of carbonyl (C=O) groups is 2. The van der Waals surface area contributed by atoms with Crippen molar-refractivity contribution >= 4 is 12.0 Å². The summed E-state index contributed by atoms with van der Waals surface area (Å²) in [5.74, 6) is 0.246. The van der Waals surface area contributed by atoms with Gasteiger partial charge in [0.15, 0.2) is 11.5 Å². The molecule has 1 aromatic rings. The highest BCUT2D eigenvalue weighted by atomic mass is 16.5. The highest BCUT2D eigenvalue weighted by Gasteiger charge is 2.30. The van der Waals surface area contributed by atoms with E-state index in [0.29, 0.717) is 28.3 Å². The van der Waals surface area contributed by atoms with Crippen LogP contribution in [0, 0.1) is 11.3 Å². The lowest BCUT2D eigenvalue weighted by Gasteiger charge is -2.26. The number of nitrogens with zero attached hydrogens (tertiary/aromatic N) is 1. The molecular formula is C17H19N3O5. The fourth-order valence-corrected chi connectivity index (χ4v) is 2.40. The van der Waals surface area contributed by atoms with Crippen molar-refractivity contribution in [2.45, 2.75) is 19.9 Å². The largest absolute Gasteiger partial charge is 0.493 e. The fourth-order valence-electron chi connectivity index (χ4n) is 2.40. The Kier molecular flexibility index (Phi) is 5.84. The van der Waals surface area contributed by atoms with Gasteiger partial charge in [-0.15, -0.1) is 0 Å². The summed E-state index contributed by atoms with van der Waals surface area (Å²) in [5, 5.41) is 14.1. The highest BCUT2D eigenvalue weighted by Crippen LogP contribution is 2.28. The Balaban J connectivity index is 2.26. The van der Waals surface area contributed by atoms with Crippen LogP contribution in [0.4, 0.5) is 4.79 Å². The van der Waals surface area contributed by atoms with Crippen LogP contribution in [0.1, 0.15) is 19.4 Å². The molecule has 0 spiro atoms. The molecule has 25 heavy (non-hydrogen) atoms. The molecule has 0 aromatic heterocycles. The van der Waals surface area contributed by atoms with Crippen LogP contribution in [0.5, 0.6) is 11.5 Å². The van der Waals surface area contributed by atoms with Gasteiger partial charge in [-0.05, 0) is 26.0 Å². The minimum absolute atomic E-state index is 0.0613. The number of benzene rings is 1. The molecule has 8 heteroatoms. The monoisotopic (exact) mass is 345 g/mol. The van der Waals surface area contributed by atoms with Crippen LogP contribution in [0.15, 0.2) is 29.5 Å². The molecular weight excluding hydrogens is 326 g/mol. The fraction of sp³-hybridized carbons (Fsp3) is 0.353. The Bertz CT molecular complexity index is 751. The molecule has 2 amide bonds. The SMILES string of the molecule is CCOC(=O)C1=C(COc2ccc(C#N)cc2OC)NC(=O)N[C@H]1C. The molecule has 0 fully saturated rings. The van der Waals surface area contributed by atoms with Gasteiger partial charge < -0.3 is 24.8 Å². The molecule has 0 saturated carbocycles. The number of amides is 2. The van der Waals surface area contributed by atoms with Crippen molar-refractivity contribution < 1.29 is 23.8 Å². The Morgan fingerprint density at radius 2 is 2.12 bits per heavy atom. The molecule has 0 aliphatic carbocycles. The van der Waals surface area contributed by atoms with E-state index in [-0.39, 0.29) is 13.2 Å². The summed E-state index contributed by atoms with van der Waals surface area (Å²) in [4.78, 5) is 23.9. The van der Waals surface area contributed by atoms with Crippen molar-refractivity contribution in [3.05, 3.63) is 35.0 Å². The van der Waals surface area contributed by atoms with Crippen molar-refractivity contribution in [3.63, 3.8) is 0 Å². The maximum atomic E-state index is 12.2. The zero-order chi connectivity index (χ0) is 18.4. The minimum Gasteiger partial charge on any atom is -0.493 e. The van der Waals surface area contributed by atoms with Crippen LogP contribution < -0.4 is 20.1 Å². The van der Waals surface area contributed by atoms with Gasteiger partial charge in [0.25, 0.3) is 0 Å². The summed E-state index contributed by atoms with van der Waals surface area (Å²) < 4.78 is 15.9. The van der Waals surface area contributed by atoms with Gasteiger partial charge in [-0.1, -0.05) is 0 Å². The lowest BCUT2D eigenvalue weighted by molar-refractivity contribution is -0.139. The van der Waals surface area contributed by atoms with Crippen LogP contribution in [-0.4, -0.2) is 38.4 Å². The summed E-state index contributed by atoms with van der Waals surface area (Å²) in [6, 6.07) is 5.80. The van der Waals surface area contributed by atoms with E-state index in [1.54, 1.807) is 32.0 Å². The first-order chi connectivity index (χ1) is 12.0. The average molecular weight is 345 g/mol. The standard InChI is InChI=1S/C17H19N3O5/c1-4-24-16(21)15-10(2)19-17(22)20-12(15)9-25-13-6-5-11(8-18)7-14(13)23-3/h5-7,10H,4,9H2,1-3H3,(H2,19,20,22)/t10-/m0/s1. The van der Waals surface area contributed by atoms with E-state index < -0.39 is 18.0 Å². The minimum atomic E-state index is -0.520. The van der Waals surface area contributed by atoms with Crippen molar-refractivity contribution in [3.8, 4) is 17.6 Å². The zero-order valence-electron chi connectivity index (χ0n) is 14.2. The molecule has 1 aliphatic heterocycles. The second kappa shape index (κ2) is 8.06. The van der Waals surface area contributed by atoms with E-state index >= 15 is 0 Å². The second-order valence-electron chi connectivity index (χ2n) is 5.20. The molecule has 1 aromatic carbocycles. The molecule has 1 heterocycles. The van der Waals surface area contributed by atoms with E-state index in [4.69, 9.17) is 19.5 Å². The van der Waals surface area contributed by atoms with Crippen LogP contribution in [0.25, 0.3) is 0 Å². The maximum absolute atomic E-state index is 12.2. The van der Waals surface area contributed by atoms with E-state index in [2.05, 4.69) is 10.6 Å². The lowest BCUT2D eigenvalue weighted by Crippen LogP contribution is -2.50. The van der Waals surface area contributed by atoms with E-state index in [1.165, 1.54) is 7.11 Å². The Hall–Kier alpha value is -3.21. The Morgan fingerprint density at radius 3 is 2.76 bits per heavy atom. The summed E-state index contributed by atoms with van der Waals surface area (Å²) in [6.07, 6.45) is 0. The molecule has 0 saturated heterocycles. The van der Waals surface area contributed by atoms with Gasteiger partial charge >= 0.3 is 12.0 Å². The number of ether oxygens (including phenoxy) is 3. The van der Waals surface area contributed by atoms with Crippen LogP contribution in [0.2, 0.25) is 0 Å². The van der Waals surface area contributed by atoms with Gasteiger partial charge in [-0.3, -0.25) is 0 Å². The van der Waals surface area contributed by atoms with E-state index in [9.17, 15) is 9.59 Å². The number of nitriles is 1. The number of hydrogen-bond acceptors (Lipinski definition) is 6. The third kappa shape index (κ3) is 4.20. The number of rotatable bonds is 6. The van der Waals surface area contributed by atoms with E-state index in [0.717, 1.165) is 0 Å². The second-order valence-corrected chi connectivity index (χ2v) is 5.20. The van der Waals surface area contributed by atoms with Crippen LogP contribution >= 0.6 is 0 Å². The van der Waals surface area contributed by atoms with Gasteiger partial charge in [-0.2, -0.15) is 5.26 Å². The smallest absolute Gasteiger partial charge is 0.338 e.